The summed E-state index contributed by atoms with van der Waals surface area (Å²) in [6.07, 6.45) is 0.311. The van der Waals surface area contributed by atoms with Crippen LogP contribution in [0.2, 0.25) is 0 Å². The molecule has 0 radical (unpaired) electrons. The predicted octanol–water partition coefficient (Wildman–Crippen LogP) is 4.05. The van der Waals surface area contributed by atoms with E-state index in [1.54, 1.807) is 54.6 Å². The third kappa shape index (κ3) is 3.42. The lowest BCUT2D eigenvalue weighted by molar-refractivity contribution is 0.102. The Bertz CT molecular complexity index is 1330. The van der Waals surface area contributed by atoms with Crippen molar-refractivity contribution in [1.29, 1.82) is 0 Å². The summed E-state index contributed by atoms with van der Waals surface area (Å²) in [4.78, 5) is 36.4. The van der Waals surface area contributed by atoms with Crippen molar-refractivity contribution < 1.29 is 23.8 Å². The summed E-state index contributed by atoms with van der Waals surface area (Å²) < 4.78 is 11.5. The number of amides is 1. The van der Waals surface area contributed by atoms with Crippen LogP contribution in [0.4, 0.5) is 10.5 Å². The van der Waals surface area contributed by atoms with Crippen molar-refractivity contribution in [2.45, 2.75) is 0 Å². The van der Waals surface area contributed by atoms with Gasteiger partial charge in [0.1, 0.15) is 5.56 Å². The molecule has 0 aliphatic heterocycles. The maximum Gasteiger partial charge on any atom is 0.415 e. The van der Waals surface area contributed by atoms with E-state index >= 15 is 0 Å². The number of hydrogen-bond donors (Lipinski definition) is 2. The molecule has 2 aromatic carbocycles. The molecule has 1 amide bonds. The zero-order valence-corrected chi connectivity index (χ0v) is 15.8. The van der Waals surface area contributed by atoms with Gasteiger partial charge in [-0.15, -0.1) is 0 Å². The molecular weight excluding hydrogens is 388 g/mol. The number of para-hydroxylation sites is 1. The molecule has 0 aliphatic rings. The fourth-order valence-corrected chi connectivity index (χ4v) is 3.17. The SMILES string of the molecule is COc1cccc2cc(C(=O)Nc3cccc(-c4cccn4C(=O)O)c3)c(=O)oc12. The molecule has 0 bridgehead atoms. The molecule has 2 aromatic heterocycles. The average Bonchev–Trinajstić information content (AvgIpc) is 3.23. The van der Waals surface area contributed by atoms with E-state index < -0.39 is 17.6 Å². The van der Waals surface area contributed by atoms with Crippen molar-refractivity contribution in [2.24, 2.45) is 0 Å². The fraction of sp³-hybridized carbons (Fsp3) is 0.0455. The number of ether oxygens (including phenoxy) is 1. The Morgan fingerprint density at radius 1 is 1.07 bits per heavy atom. The first-order chi connectivity index (χ1) is 14.5. The van der Waals surface area contributed by atoms with E-state index in [-0.39, 0.29) is 11.1 Å². The lowest BCUT2D eigenvalue weighted by Crippen LogP contribution is -2.20. The molecule has 30 heavy (non-hydrogen) atoms. The van der Waals surface area contributed by atoms with Gasteiger partial charge in [-0.3, -0.25) is 9.36 Å². The third-order valence-corrected chi connectivity index (χ3v) is 4.56. The second kappa shape index (κ2) is 7.59. The summed E-state index contributed by atoms with van der Waals surface area (Å²) in [5.41, 5.74) is 0.764. The molecule has 0 atom stereocenters. The molecule has 2 N–H and O–H groups in total. The Labute approximate surface area is 169 Å². The highest BCUT2D eigenvalue weighted by molar-refractivity contribution is 6.06. The number of rotatable bonds is 4. The number of methoxy groups -OCH3 is 1. The molecular formula is C22H16N2O6. The van der Waals surface area contributed by atoms with Gasteiger partial charge in [-0.2, -0.15) is 0 Å². The van der Waals surface area contributed by atoms with Crippen LogP contribution in [0, 0.1) is 0 Å². The number of fused-ring (bicyclic) bond motifs is 1. The molecule has 0 unspecified atom stereocenters. The molecule has 8 nitrogen and oxygen atoms in total. The van der Waals surface area contributed by atoms with Gasteiger partial charge in [-0.1, -0.05) is 24.3 Å². The molecule has 0 fully saturated rings. The second-order valence-electron chi connectivity index (χ2n) is 6.41. The maximum atomic E-state index is 12.7. The Morgan fingerprint density at radius 2 is 1.87 bits per heavy atom. The molecule has 150 valence electrons. The van der Waals surface area contributed by atoms with E-state index in [4.69, 9.17) is 9.15 Å². The first-order valence-corrected chi connectivity index (χ1v) is 8.91. The average molecular weight is 404 g/mol. The highest BCUT2D eigenvalue weighted by Gasteiger charge is 2.16. The van der Waals surface area contributed by atoms with Gasteiger partial charge >= 0.3 is 11.7 Å². The molecule has 0 aliphatic carbocycles. The molecule has 8 heteroatoms. The van der Waals surface area contributed by atoms with Crippen molar-refractivity contribution in [3.05, 3.63) is 82.8 Å². The minimum atomic E-state index is -1.12. The Balaban J connectivity index is 1.66. The molecule has 4 rings (SSSR count). The molecule has 0 saturated carbocycles. The van der Waals surface area contributed by atoms with Crippen LogP contribution >= 0.6 is 0 Å². The number of nitrogens with one attached hydrogen (secondary N) is 1. The second-order valence-corrected chi connectivity index (χ2v) is 6.41. The lowest BCUT2D eigenvalue weighted by Gasteiger charge is -2.09. The summed E-state index contributed by atoms with van der Waals surface area (Å²) >= 11 is 0. The number of carbonyl (C=O) groups excluding carboxylic acids is 1. The fourth-order valence-electron chi connectivity index (χ4n) is 3.17. The number of anilines is 1. The van der Waals surface area contributed by atoms with Crippen molar-refractivity contribution in [3.63, 3.8) is 0 Å². The van der Waals surface area contributed by atoms with Crippen LogP contribution in [0.1, 0.15) is 10.4 Å². The summed E-state index contributed by atoms with van der Waals surface area (Å²) in [5.74, 6) is -0.245. The number of nitrogens with zero attached hydrogens (tertiary/aromatic N) is 1. The number of aromatic nitrogens is 1. The highest BCUT2D eigenvalue weighted by Crippen LogP contribution is 2.26. The van der Waals surface area contributed by atoms with Crippen molar-refractivity contribution in [3.8, 4) is 17.0 Å². The molecule has 2 heterocycles. The standard InChI is InChI=1S/C22H16N2O6/c1-29-18-9-3-6-14-12-16(21(26)30-19(14)18)20(25)23-15-7-2-5-13(11-15)17-8-4-10-24(17)22(27)28/h2-12H,1H3,(H,23,25)(H,27,28). The third-order valence-electron chi connectivity index (χ3n) is 4.56. The first-order valence-electron chi connectivity index (χ1n) is 8.91. The van der Waals surface area contributed by atoms with Crippen LogP contribution in [0.15, 0.2) is 76.1 Å². The largest absolute Gasteiger partial charge is 0.493 e. The van der Waals surface area contributed by atoms with Crippen LogP contribution in [-0.4, -0.2) is 28.8 Å². The van der Waals surface area contributed by atoms with E-state index in [9.17, 15) is 19.5 Å². The topological polar surface area (TPSA) is 111 Å². The number of hydrogen-bond acceptors (Lipinski definition) is 5. The van der Waals surface area contributed by atoms with Crippen LogP contribution in [0.5, 0.6) is 5.75 Å². The van der Waals surface area contributed by atoms with Crippen molar-refractivity contribution in [2.75, 3.05) is 12.4 Å². The van der Waals surface area contributed by atoms with Gasteiger partial charge in [-0.25, -0.2) is 9.59 Å². The quantitative estimate of drug-likeness (QED) is 0.497. The van der Waals surface area contributed by atoms with E-state index in [1.807, 2.05) is 0 Å². The number of benzene rings is 2. The van der Waals surface area contributed by atoms with E-state index in [0.717, 1.165) is 4.57 Å². The monoisotopic (exact) mass is 404 g/mol. The minimum absolute atomic E-state index is 0.157. The van der Waals surface area contributed by atoms with Gasteiger partial charge in [0.05, 0.1) is 12.8 Å². The van der Waals surface area contributed by atoms with Crippen LogP contribution in [0.3, 0.4) is 0 Å². The van der Waals surface area contributed by atoms with Gasteiger partial charge in [0.25, 0.3) is 5.91 Å². The Hall–Kier alpha value is -4.33. The van der Waals surface area contributed by atoms with Crippen molar-refractivity contribution in [1.82, 2.24) is 4.57 Å². The Kier molecular flexibility index (Phi) is 4.81. The van der Waals surface area contributed by atoms with Crippen LogP contribution < -0.4 is 15.7 Å². The van der Waals surface area contributed by atoms with Crippen molar-refractivity contribution >= 4 is 28.7 Å². The summed E-state index contributed by atoms with van der Waals surface area (Å²) in [7, 11) is 1.46. The zero-order chi connectivity index (χ0) is 21.3. The van der Waals surface area contributed by atoms with Gasteiger partial charge in [-0.05, 0) is 36.4 Å². The number of carboxylic acid groups (broad SMARTS) is 1. The molecule has 0 saturated heterocycles. The smallest absolute Gasteiger partial charge is 0.415 e. The van der Waals surface area contributed by atoms with Crippen LogP contribution in [-0.2, 0) is 0 Å². The first kappa shape index (κ1) is 19.0. The van der Waals surface area contributed by atoms with E-state index in [2.05, 4.69) is 5.32 Å². The van der Waals surface area contributed by atoms with Gasteiger partial charge < -0.3 is 19.6 Å². The summed E-state index contributed by atoms with van der Waals surface area (Å²) in [6.45, 7) is 0. The van der Waals surface area contributed by atoms with E-state index in [1.165, 1.54) is 19.4 Å². The minimum Gasteiger partial charge on any atom is -0.493 e. The predicted molar refractivity (Wildman–Crippen MR) is 110 cm³/mol. The highest BCUT2D eigenvalue weighted by atomic mass is 16.5. The maximum absolute atomic E-state index is 12.7. The summed E-state index contributed by atoms with van der Waals surface area (Å²) in [6, 6.07) is 16.5. The normalized spacial score (nSPS) is 10.7. The lowest BCUT2D eigenvalue weighted by atomic mass is 10.1. The number of carbonyl (C=O) groups is 2. The van der Waals surface area contributed by atoms with Gasteiger partial charge in [0, 0.05) is 22.8 Å². The molecule has 0 spiro atoms. The zero-order valence-electron chi connectivity index (χ0n) is 15.8. The van der Waals surface area contributed by atoms with Gasteiger partial charge in [0.15, 0.2) is 11.3 Å². The van der Waals surface area contributed by atoms with Gasteiger partial charge in [0.2, 0.25) is 0 Å². The summed E-state index contributed by atoms with van der Waals surface area (Å²) in [5, 5.41) is 12.5. The Morgan fingerprint density at radius 3 is 2.63 bits per heavy atom. The van der Waals surface area contributed by atoms with Crippen LogP contribution in [0.25, 0.3) is 22.2 Å². The molecule has 4 aromatic rings. The van der Waals surface area contributed by atoms with E-state index in [0.29, 0.717) is 28.1 Å².